The topological polar surface area (TPSA) is 49.8 Å². The zero-order valence-corrected chi connectivity index (χ0v) is 15.5. The number of hydrogen-bond donors (Lipinski definition) is 2. The first-order valence-electron chi connectivity index (χ1n) is 7.72. The summed E-state index contributed by atoms with van der Waals surface area (Å²) in [4.78, 5) is 9.03. The number of hydrogen-bond acceptors (Lipinski definition) is 4. The van der Waals surface area contributed by atoms with Crippen molar-refractivity contribution in [3.8, 4) is 0 Å². The Morgan fingerprint density at radius 1 is 0.833 bits per heavy atom. The number of aromatic nitrogens is 2. The van der Waals surface area contributed by atoms with Crippen LogP contribution in [0.4, 0.5) is 23.1 Å². The van der Waals surface area contributed by atoms with E-state index in [-0.39, 0.29) is 0 Å². The van der Waals surface area contributed by atoms with Crippen LogP contribution >= 0.6 is 15.9 Å². The van der Waals surface area contributed by atoms with Gasteiger partial charge in [0, 0.05) is 21.9 Å². The molecule has 0 aliphatic heterocycles. The van der Waals surface area contributed by atoms with Crippen molar-refractivity contribution in [2.75, 3.05) is 10.6 Å². The predicted molar refractivity (Wildman–Crippen MR) is 103 cm³/mol. The molecule has 1 aromatic heterocycles. The van der Waals surface area contributed by atoms with Crippen LogP contribution in [0.3, 0.4) is 0 Å². The molecule has 4 nitrogen and oxygen atoms in total. The molecule has 3 aromatic rings. The zero-order valence-electron chi connectivity index (χ0n) is 13.9. The van der Waals surface area contributed by atoms with Gasteiger partial charge in [-0.05, 0) is 72.1 Å². The van der Waals surface area contributed by atoms with Crippen LogP contribution < -0.4 is 10.6 Å². The van der Waals surface area contributed by atoms with Crippen molar-refractivity contribution in [3.05, 3.63) is 69.8 Å². The number of nitrogens with zero attached hydrogens (tertiary/aromatic N) is 2. The quantitative estimate of drug-likeness (QED) is 0.611. The largest absolute Gasteiger partial charge is 0.340 e. The van der Waals surface area contributed by atoms with Gasteiger partial charge in [-0.1, -0.05) is 18.2 Å². The van der Waals surface area contributed by atoms with Gasteiger partial charge in [-0.3, -0.25) is 0 Å². The first kappa shape index (κ1) is 16.5. The minimum atomic E-state index is 0.565. The molecule has 0 fully saturated rings. The Bertz CT molecular complexity index is 877. The van der Waals surface area contributed by atoms with E-state index in [2.05, 4.69) is 74.6 Å². The van der Waals surface area contributed by atoms with Gasteiger partial charge in [0.25, 0.3) is 0 Å². The van der Waals surface area contributed by atoms with E-state index in [4.69, 9.17) is 0 Å². The van der Waals surface area contributed by atoms with Gasteiger partial charge in [0.15, 0.2) is 0 Å². The van der Waals surface area contributed by atoms with Gasteiger partial charge < -0.3 is 10.6 Å². The third-order valence-corrected chi connectivity index (χ3v) is 4.17. The second-order valence-electron chi connectivity index (χ2n) is 5.82. The van der Waals surface area contributed by atoms with E-state index in [1.165, 1.54) is 11.1 Å². The predicted octanol–water partition coefficient (Wildman–Crippen LogP) is 5.65. The lowest BCUT2D eigenvalue weighted by Crippen LogP contribution is -2.03. The van der Waals surface area contributed by atoms with Crippen molar-refractivity contribution in [2.24, 2.45) is 0 Å². The maximum absolute atomic E-state index is 4.56. The summed E-state index contributed by atoms with van der Waals surface area (Å²) in [7, 11) is 0. The second kappa shape index (κ2) is 7.01. The maximum atomic E-state index is 4.56. The summed E-state index contributed by atoms with van der Waals surface area (Å²) in [6.45, 7) is 6.08. The molecule has 0 saturated heterocycles. The third kappa shape index (κ3) is 4.11. The van der Waals surface area contributed by atoms with Crippen molar-refractivity contribution in [3.63, 3.8) is 0 Å². The normalized spacial score (nSPS) is 10.5. The Hall–Kier alpha value is -2.40. The van der Waals surface area contributed by atoms with Crippen molar-refractivity contribution in [1.82, 2.24) is 9.97 Å². The number of rotatable bonds is 4. The van der Waals surface area contributed by atoms with Crippen molar-refractivity contribution < 1.29 is 0 Å². The molecular formula is C19H19BrN4. The molecule has 0 saturated carbocycles. The molecule has 0 radical (unpaired) electrons. The van der Waals surface area contributed by atoms with Gasteiger partial charge >= 0.3 is 0 Å². The third-order valence-electron chi connectivity index (χ3n) is 3.52. The molecule has 3 rings (SSSR count). The SMILES string of the molecule is Cc1cccc(Nc2cc(C)nc(Nc3ccc(C)cc3Br)n2)c1. The summed E-state index contributed by atoms with van der Waals surface area (Å²) in [5, 5.41) is 6.60. The molecule has 0 aliphatic carbocycles. The molecule has 0 spiro atoms. The first-order valence-corrected chi connectivity index (χ1v) is 8.51. The van der Waals surface area contributed by atoms with E-state index in [0.717, 1.165) is 27.4 Å². The van der Waals surface area contributed by atoms with E-state index in [1.807, 2.05) is 31.2 Å². The molecule has 0 amide bonds. The highest BCUT2D eigenvalue weighted by atomic mass is 79.9. The molecule has 0 unspecified atom stereocenters. The molecule has 0 aliphatic rings. The van der Waals surface area contributed by atoms with Crippen LogP contribution in [-0.4, -0.2) is 9.97 Å². The van der Waals surface area contributed by atoms with Gasteiger partial charge in [-0.2, -0.15) is 4.98 Å². The smallest absolute Gasteiger partial charge is 0.229 e. The zero-order chi connectivity index (χ0) is 17.1. The first-order chi connectivity index (χ1) is 11.5. The summed E-state index contributed by atoms with van der Waals surface area (Å²) in [5.41, 5.74) is 5.24. The van der Waals surface area contributed by atoms with Crippen LogP contribution in [0.15, 0.2) is 53.0 Å². The number of aryl methyl sites for hydroxylation is 3. The molecule has 0 atom stereocenters. The second-order valence-corrected chi connectivity index (χ2v) is 6.68. The van der Waals surface area contributed by atoms with Crippen molar-refractivity contribution in [1.29, 1.82) is 0 Å². The maximum Gasteiger partial charge on any atom is 0.229 e. The molecule has 0 bridgehead atoms. The van der Waals surface area contributed by atoms with Gasteiger partial charge in [-0.25, -0.2) is 4.98 Å². The molecule has 2 aromatic carbocycles. The van der Waals surface area contributed by atoms with Crippen LogP contribution in [0.5, 0.6) is 0 Å². The van der Waals surface area contributed by atoms with Crippen LogP contribution in [0.1, 0.15) is 16.8 Å². The highest BCUT2D eigenvalue weighted by Gasteiger charge is 2.06. The Morgan fingerprint density at radius 2 is 1.62 bits per heavy atom. The molecule has 24 heavy (non-hydrogen) atoms. The number of nitrogens with one attached hydrogen (secondary N) is 2. The fourth-order valence-electron chi connectivity index (χ4n) is 2.40. The number of halogens is 1. The van der Waals surface area contributed by atoms with E-state index in [9.17, 15) is 0 Å². The summed E-state index contributed by atoms with van der Waals surface area (Å²) in [5.74, 6) is 1.33. The van der Waals surface area contributed by atoms with Gasteiger partial charge in [0.2, 0.25) is 5.95 Å². The minimum absolute atomic E-state index is 0.565. The lowest BCUT2D eigenvalue weighted by Gasteiger charge is -2.11. The molecule has 2 N–H and O–H groups in total. The highest BCUT2D eigenvalue weighted by molar-refractivity contribution is 9.10. The van der Waals surface area contributed by atoms with Gasteiger partial charge in [-0.15, -0.1) is 0 Å². The average molecular weight is 383 g/mol. The Balaban J connectivity index is 1.86. The summed E-state index contributed by atoms with van der Waals surface area (Å²) in [6, 6.07) is 16.2. The van der Waals surface area contributed by atoms with E-state index in [0.29, 0.717) is 5.95 Å². The van der Waals surface area contributed by atoms with E-state index >= 15 is 0 Å². The molecule has 1 heterocycles. The molecule has 122 valence electrons. The monoisotopic (exact) mass is 382 g/mol. The summed E-state index contributed by atoms with van der Waals surface area (Å²) < 4.78 is 0.987. The van der Waals surface area contributed by atoms with Gasteiger partial charge in [0.1, 0.15) is 5.82 Å². The van der Waals surface area contributed by atoms with Crippen LogP contribution in [-0.2, 0) is 0 Å². The number of benzene rings is 2. The Labute approximate surface area is 150 Å². The minimum Gasteiger partial charge on any atom is -0.340 e. The van der Waals surface area contributed by atoms with Gasteiger partial charge in [0.05, 0.1) is 5.69 Å². The number of anilines is 4. The standard InChI is InChI=1S/C19H19BrN4/c1-12-5-4-6-15(9-12)22-18-11-14(3)21-19(24-18)23-17-8-7-13(2)10-16(17)20/h4-11H,1-3H3,(H2,21,22,23,24). The van der Waals surface area contributed by atoms with E-state index < -0.39 is 0 Å². The van der Waals surface area contributed by atoms with E-state index in [1.54, 1.807) is 0 Å². The summed E-state index contributed by atoms with van der Waals surface area (Å²) >= 11 is 3.57. The van der Waals surface area contributed by atoms with Crippen LogP contribution in [0, 0.1) is 20.8 Å². The fraction of sp³-hybridized carbons (Fsp3) is 0.158. The Morgan fingerprint density at radius 3 is 2.38 bits per heavy atom. The fourth-order valence-corrected chi connectivity index (χ4v) is 2.99. The Kier molecular flexibility index (Phi) is 4.81. The summed E-state index contributed by atoms with van der Waals surface area (Å²) in [6.07, 6.45) is 0. The highest BCUT2D eigenvalue weighted by Crippen LogP contribution is 2.26. The lowest BCUT2D eigenvalue weighted by molar-refractivity contribution is 1.11. The van der Waals surface area contributed by atoms with Crippen LogP contribution in [0.25, 0.3) is 0 Å². The lowest BCUT2D eigenvalue weighted by atomic mass is 10.2. The van der Waals surface area contributed by atoms with Crippen LogP contribution in [0.2, 0.25) is 0 Å². The van der Waals surface area contributed by atoms with Crippen molar-refractivity contribution in [2.45, 2.75) is 20.8 Å². The van der Waals surface area contributed by atoms with Crippen molar-refractivity contribution >= 4 is 39.1 Å². The molecular weight excluding hydrogens is 364 g/mol. The average Bonchev–Trinajstić information content (AvgIpc) is 2.49. The molecule has 5 heteroatoms.